The summed E-state index contributed by atoms with van der Waals surface area (Å²) in [5.74, 6) is 5.91. The number of amides is 1. The zero-order chi connectivity index (χ0) is 14.0. The number of allylic oxidation sites excluding steroid dienone is 1. The number of carbonyl (C=O) groups is 1. The number of nitrogens with zero attached hydrogens (tertiary/aromatic N) is 1. The van der Waals surface area contributed by atoms with Crippen LogP contribution in [0.25, 0.3) is 0 Å². The lowest BCUT2D eigenvalue weighted by Crippen LogP contribution is -2.64. The van der Waals surface area contributed by atoms with E-state index in [1.807, 2.05) is 27.7 Å². The maximum Gasteiger partial charge on any atom is 0.410 e. The summed E-state index contributed by atoms with van der Waals surface area (Å²) in [5, 5.41) is 0. The first-order chi connectivity index (χ1) is 8.17. The monoisotopic (exact) mass is 251 g/mol. The molecule has 0 atom stereocenters. The van der Waals surface area contributed by atoms with Crippen LogP contribution in [-0.2, 0) is 9.47 Å². The minimum atomic E-state index is -0.574. The lowest BCUT2D eigenvalue weighted by Gasteiger charge is -2.45. The molecule has 1 aliphatic heterocycles. The van der Waals surface area contributed by atoms with E-state index in [9.17, 15) is 4.79 Å². The lowest BCUT2D eigenvalue weighted by atomic mass is 9.94. The van der Waals surface area contributed by atoms with Gasteiger partial charge in [0.25, 0.3) is 0 Å². The molecule has 1 aliphatic rings. The second-order valence-corrected chi connectivity index (χ2v) is 5.57. The van der Waals surface area contributed by atoms with E-state index < -0.39 is 11.2 Å². The average molecular weight is 251 g/mol. The molecule has 4 heteroatoms. The zero-order valence-electron chi connectivity index (χ0n) is 11.8. The smallest absolute Gasteiger partial charge is 0.410 e. The molecule has 0 unspecified atom stereocenters. The van der Waals surface area contributed by atoms with Crippen molar-refractivity contribution in [1.82, 2.24) is 4.90 Å². The highest BCUT2D eigenvalue weighted by Crippen LogP contribution is 2.26. The Balaban J connectivity index is 2.58. The molecule has 18 heavy (non-hydrogen) atoms. The maximum atomic E-state index is 11.8. The van der Waals surface area contributed by atoms with Crippen LogP contribution in [0.2, 0.25) is 0 Å². The quantitative estimate of drug-likeness (QED) is 0.671. The van der Waals surface area contributed by atoms with Crippen LogP contribution in [0.5, 0.6) is 0 Å². The van der Waals surface area contributed by atoms with E-state index >= 15 is 0 Å². The van der Waals surface area contributed by atoms with Gasteiger partial charge in [0.05, 0.1) is 13.1 Å². The molecule has 100 valence electrons. The fourth-order valence-electron chi connectivity index (χ4n) is 1.51. The van der Waals surface area contributed by atoms with E-state index in [2.05, 4.69) is 18.4 Å². The molecular weight excluding hydrogens is 230 g/mol. The number of methoxy groups -OCH3 is 1. The third kappa shape index (κ3) is 3.78. The van der Waals surface area contributed by atoms with Crippen molar-refractivity contribution in [3.05, 3.63) is 12.2 Å². The Bertz CT molecular complexity index is 403. The summed E-state index contributed by atoms with van der Waals surface area (Å²) in [6.07, 6.45) is -0.327. The van der Waals surface area contributed by atoms with Gasteiger partial charge in [0.2, 0.25) is 0 Å². The van der Waals surface area contributed by atoms with Gasteiger partial charge in [-0.2, -0.15) is 0 Å². The van der Waals surface area contributed by atoms with Crippen LogP contribution in [0.3, 0.4) is 0 Å². The summed E-state index contributed by atoms with van der Waals surface area (Å²) >= 11 is 0. The fourth-order valence-corrected chi connectivity index (χ4v) is 1.51. The van der Waals surface area contributed by atoms with Crippen LogP contribution in [0.4, 0.5) is 4.79 Å². The van der Waals surface area contributed by atoms with Crippen LogP contribution in [0, 0.1) is 11.8 Å². The van der Waals surface area contributed by atoms with Gasteiger partial charge in [-0.25, -0.2) is 4.79 Å². The Morgan fingerprint density at radius 3 is 2.33 bits per heavy atom. The van der Waals surface area contributed by atoms with Crippen LogP contribution < -0.4 is 0 Å². The van der Waals surface area contributed by atoms with Gasteiger partial charge in [-0.1, -0.05) is 18.4 Å². The van der Waals surface area contributed by atoms with Crippen molar-refractivity contribution in [3.63, 3.8) is 0 Å². The molecule has 1 fully saturated rings. The van der Waals surface area contributed by atoms with Crippen molar-refractivity contribution in [2.45, 2.75) is 38.9 Å². The van der Waals surface area contributed by atoms with Crippen molar-refractivity contribution < 1.29 is 14.3 Å². The number of likely N-dealkylation sites (tertiary alicyclic amines) is 1. The molecular formula is C14H21NO3. The summed E-state index contributed by atoms with van der Waals surface area (Å²) in [6, 6.07) is 0. The number of ether oxygens (including phenoxy) is 2. The van der Waals surface area contributed by atoms with Crippen LogP contribution in [0.15, 0.2) is 12.2 Å². The van der Waals surface area contributed by atoms with E-state index in [1.54, 1.807) is 12.0 Å². The standard InChI is InChI=1S/C14H21NO3/c1-11(2)7-8-14(17-6)9-15(10-14)12(16)18-13(3,4)5/h1,9-10H2,2-6H3. The Morgan fingerprint density at radius 1 is 1.39 bits per heavy atom. The Morgan fingerprint density at radius 2 is 1.94 bits per heavy atom. The second-order valence-electron chi connectivity index (χ2n) is 5.57. The van der Waals surface area contributed by atoms with Gasteiger partial charge >= 0.3 is 6.09 Å². The Hall–Kier alpha value is -1.47. The molecule has 0 aromatic heterocycles. The Kier molecular flexibility index (Phi) is 4.08. The summed E-state index contributed by atoms with van der Waals surface area (Å²) < 4.78 is 10.6. The fraction of sp³-hybridized carbons (Fsp3) is 0.643. The van der Waals surface area contributed by atoms with Crippen molar-refractivity contribution in [2.75, 3.05) is 20.2 Å². The number of rotatable bonds is 1. The molecule has 0 aromatic carbocycles. The highest BCUT2D eigenvalue weighted by molar-refractivity contribution is 5.70. The molecule has 0 bridgehead atoms. The van der Waals surface area contributed by atoms with E-state index in [1.165, 1.54) is 0 Å². The number of carbonyl (C=O) groups excluding carboxylic acids is 1. The van der Waals surface area contributed by atoms with Gasteiger partial charge in [0.1, 0.15) is 5.60 Å². The molecule has 0 aliphatic carbocycles. The first kappa shape index (κ1) is 14.6. The predicted octanol–water partition coefficient (Wildman–Crippen LogP) is 2.20. The summed E-state index contributed by atoms with van der Waals surface area (Å²) in [5.41, 5.74) is -0.274. The Labute approximate surface area is 109 Å². The molecule has 0 N–H and O–H groups in total. The molecule has 0 saturated carbocycles. The van der Waals surface area contributed by atoms with Gasteiger partial charge in [0.15, 0.2) is 5.60 Å². The highest BCUT2D eigenvalue weighted by atomic mass is 16.6. The average Bonchev–Trinajstić information content (AvgIpc) is 2.13. The summed E-state index contributed by atoms with van der Waals surface area (Å²) in [7, 11) is 1.60. The molecule has 0 radical (unpaired) electrons. The van der Waals surface area contributed by atoms with Gasteiger partial charge < -0.3 is 14.4 Å². The molecule has 4 nitrogen and oxygen atoms in total. The first-order valence-corrected chi connectivity index (χ1v) is 5.89. The van der Waals surface area contributed by atoms with Crippen molar-refractivity contribution in [1.29, 1.82) is 0 Å². The first-order valence-electron chi connectivity index (χ1n) is 5.89. The third-order valence-corrected chi connectivity index (χ3v) is 2.44. The van der Waals surface area contributed by atoms with Crippen LogP contribution in [0.1, 0.15) is 27.7 Å². The minimum Gasteiger partial charge on any atom is -0.444 e. The van der Waals surface area contributed by atoms with Crippen LogP contribution in [-0.4, -0.2) is 42.4 Å². The molecule has 1 saturated heterocycles. The highest BCUT2D eigenvalue weighted by Gasteiger charge is 2.46. The molecule has 0 spiro atoms. The predicted molar refractivity (Wildman–Crippen MR) is 70.1 cm³/mol. The molecule has 1 rings (SSSR count). The van der Waals surface area contributed by atoms with E-state index in [-0.39, 0.29) is 6.09 Å². The summed E-state index contributed by atoms with van der Waals surface area (Å²) in [4.78, 5) is 13.4. The van der Waals surface area contributed by atoms with Gasteiger partial charge in [-0.3, -0.25) is 0 Å². The second kappa shape index (κ2) is 5.03. The van der Waals surface area contributed by atoms with E-state index in [4.69, 9.17) is 9.47 Å². The summed E-state index contributed by atoms with van der Waals surface area (Å²) in [6.45, 7) is 11.9. The largest absolute Gasteiger partial charge is 0.444 e. The van der Waals surface area contributed by atoms with Crippen molar-refractivity contribution >= 4 is 6.09 Å². The number of hydrogen-bond acceptors (Lipinski definition) is 3. The van der Waals surface area contributed by atoms with Crippen LogP contribution >= 0.6 is 0 Å². The van der Waals surface area contributed by atoms with Crippen molar-refractivity contribution in [3.8, 4) is 11.8 Å². The third-order valence-electron chi connectivity index (χ3n) is 2.44. The molecule has 0 aromatic rings. The minimum absolute atomic E-state index is 0.327. The SMILES string of the molecule is C=C(C)C#CC1(OC)CN(C(=O)OC(C)(C)C)C1. The normalized spacial score (nSPS) is 17.3. The topological polar surface area (TPSA) is 38.8 Å². The van der Waals surface area contributed by atoms with E-state index in [0.29, 0.717) is 13.1 Å². The van der Waals surface area contributed by atoms with E-state index in [0.717, 1.165) is 5.57 Å². The van der Waals surface area contributed by atoms with Gasteiger partial charge in [-0.05, 0) is 33.3 Å². The molecule has 1 amide bonds. The van der Waals surface area contributed by atoms with Gasteiger partial charge in [0, 0.05) is 7.11 Å². The lowest BCUT2D eigenvalue weighted by molar-refractivity contribution is -0.0851. The number of hydrogen-bond donors (Lipinski definition) is 0. The van der Waals surface area contributed by atoms with Gasteiger partial charge in [-0.15, -0.1) is 0 Å². The maximum absolute atomic E-state index is 11.8. The van der Waals surface area contributed by atoms with Crippen molar-refractivity contribution in [2.24, 2.45) is 0 Å². The zero-order valence-corrected chi connectivity index (χ0v) is 11.8. The molecule has 1 heterocycles.